The first-order valence-electron chi connectivity index (χ1n) is 6.19. The third kappa shape index (κ3) is 2.96. The molecule has 0 fully saturated rings. The summed E-state index contributed by atoms with van der Waals surface area (Å²) in [6.45, 7) is 1.95. The van der Waals surface area contributed by atoms with Gasteiger partial charge in [-0.3, -0.25) is 0 Å². The van der Waals surface area contributed by atoms with E-state index in [0.717, 1.165) is 28.2 Å². The molecule has 2 rings (SSSR count). The average Bonchev–Trinajstić information content (AvgIpc) is 2.48. The highest BCUT2D eigenvalue weighted by molar-refractivity contribution is 9.09. The maximum Gasteiger partial charge on any atom is 0.123 e. The number of hydrogen-bond donors (Lipinski definition) is 0. The minimum Gasteiger partial charge on any atom is -0.497 e. The van der Waals surface area contributed by atoms with E-state index in [1.54, 1.807) is 20.3 Å². The van der Waals surface area contributed by atoms with Crippen LogP contribution in [0.1, 0.15) is 21.5 Å². The largest absolute Gasteiger partial charge is 0.497 e. The van der Waals surface area contributed by atoms with Crippen LogP contribution in [-0.2, 0) is 0 Å². The van der Waals surface area contributed by atoms with E-state index < -0.39 is 0 Å². The van der Waals surface area contributed by atoms with E-state index in [4.69, 9.17) is 9.47 Å². The summed E-state index contributed by atoms with van der Waals surface area (Å²) in [5.41, 5.74) is 2.79. The van der Waals surface area contributed by atoms with Crippen molar-refractivity contribution in [2.75, 3.05) is 14.2 Å². The Balaban J connectivity index is 2.51. The van der Waals surface area contributed by atoms with Crippen LogP contribution in [0.3, 0.4) is 0 Å². The second-order valence-corrected chi connectivity index (χ2v) is 5.39. The quantitative estimate of drug-likeness (QED) is 0.756. The number of alkyl halides is 1. The van der Waals surface area contributed by atoms with Crippen molar-refractivity contribution < 1.29 is 13.9 Å². The number of benzene rings is 2. The molecule has 4 heteroatoms. The van der Waals surface area contributed by atoms with E-state index in [1.165, 1.54) is 12.1 Å². The van der Waals surface area contributed by atoms with E-state index >= 15 is 0 Å². The lowest BCUT2D eigenvalue weighted by molar-refractivity contribution is 0.399. The number of hydrogen-bond acceptors (Lipinski definition) is 2. The molecular weight excluding hydrogens is 323 g/mol. The van der Waals surface area contributed by atoms with Gasteiger partial charge in [-0.25, -0.2) is 4.39 Å². The molecule has 0 bridgehead atoms. The van der Waals surface area contributed by atoms with Gasteiger partial charge < -0.3 is 9.47 Å². The third-order valence-corrected chi connectivity index (χ3v) is 4.21. The van der Waals surface area contributed by atoms with Gasteiger partial charge in [-0.1, -0.05) is 22.0 Å². The number of rotatable bonds is 4. The van der Waals surface area contributed by atoms with Crippen molar-refractivity contribution in [3.8, 4) is 11.5 Å². The third-order valence-electron chi connectivity index (χ3n) is 3.22. The Kier molecular flexibility index (Phi) is 4.65. The zero-order valence-electron chi connectivity index (χ0n) is 11.6. The fourth-order valence-corrected chi connectivity index (χ4v) is 2.94. The van der Waals surface area contributed by atoms with E-state index in [-0.39, 0.29) is 10.6 Å². The lowest BCUT2D eigenvalue weighted by Gasteiger charge is -2.17. The van der Waals surface area contributed by atoms with Gasteiger partial charge in [0.25, 0.3) is 0 Å². The van der Waals surface area contributed by atoms with Crippen molar-refractivity contribution in [2.45, 2.75) is 11.8 Å². The molecule has 0 aliphatic carbocycles. The Hall–Kier alpha value is -1.55. The van der Waals surface area contributed by atoms with Crippen LogP contribution in [0.4, 0.5) is 4.39 Å². The van der Waals surface area contributed by atoms with Gasteiger partial charge in [0, 0.05) is 5.56 Å². The van der Waals surface area contributed by atoms with Gasteiger partial charge in [0.15, 0.2) is 0 Å². The van der Waals surface area contributed by atoms with Crippen molar-refractivity contribution in [1.29, 1.82) is 0 Å². The molecular formula is C16H16BrFO2. The van der Waals surface area contributed by atoms with E-state index in [0.29, 0.717) is 0 Å². The minimum atomic E-state index is -0.253. The van der Waals surface area contributed by atoms with E-state index in [1.807, 2.05) is 25.1 Å². The molecule has 0 N–H and O–H groups in total. The molecule has 1 atom stereocenters. The molecule has 0 saturated carbocycles. The fraction of sp³-hybridized carbons (Fsp3) is 0.250. The summed E-state index contributed by atoms with van der Waals surface area (Å²) >= 11 is 3.63. The first kappa shape index (κ1) is 14.9. The molecule has 2 aromatic carbocycles. The summed E-state index contributed by atoms with van der Waals surface area (Å²) in [6.07, 6.45) is 0. The van der Waals surface area contributed by atoms with Crippen LogP contribution in [0.25, 0.3) is 0 Å². The van der Waals surface area contributed by atoms with Crippen molar-refractivity contribution >= 4 is 15.9 Å². The SMILES string of the molecule is COc1ccc(OC)c(C(Br)c2cc(F)ccc2C)c1. The minimum absolute atomic E-state index is 0.164. The van der Waals surface area contributed by atoms with Crippen LogP contribution in [0.2, 0.25) is 0 Å². The molecule has 0 aliphatic heterocycles. The van der Waals surface area contributed by atoms with E-state index in [2.05, 4.69) is 15.9 Å². The molecule has 0 amide bonds. The molecule has 20 heavy (non-hydrogen) atoms. The maximum atomic E-state index is 13.5. The predicted octanol–water partition coefficient (Wildman–Crippen LogP) is 4.64. The molecule has 0 radical (unpaired) electrons. The lowest BCUT2D eigenvalue weighted by atomic mass is 9.99. The van der Waals surface area contributed by atoms with E-state index in [9.17, 15) is 4.39 Å². The molecule has 2 nitrogen and oxygen atoms in total. The normalized spacial score (nSPS) is 12.1. The number of halogens is 2. The standard InChI is InChI=1S/C16H16BrFO2/c1-10-4-5-11(18)8-13(10)16(17)14-9-12(19-2)6-7-15(14)20-3/h4-9,16H,1-3H3. The molecule has 0 aromatic heterocycles. The van der Waals surface area contributed by atoms with Crippen LogP contribution in [0.5, 0.6) is 11.5 Å². The zero-order valence-corrected chi connectivity index (χ0v) is 13.2. The Morgan fingerprint density at radius 3 is 2.40 bits per heavy atom. The summed E-state index contributed by atoms with van der Waals surface area (Å²) < 4.78 is 24.1. The average molecular weight is 339 g/mol. The summed E-state index contributed by atoms with van der Waals surface area (Å²) in [4.78, 5) is -0.164. The second kappa shape index (κ2) is 6.27. The Morgan fingerprint density at radius 2 is 1.75 bits per heavy atom. The highest BCUT2D eigenvalue weighted by Crippen LogP contribution is 2.39. The molecule has 0 aliphatic rings. The predicted molar refractivity (Wildman–Crippen MR) is 81.5 cm³/mol. The molecule has 2 aromatic rings. The Morgan fingerprint density at radius 1 is 1.00 bits per heavy atom. The summed E-state index contributed by atoms with van der Waals surface area (Å²) in [5.74, 6) is 1.22. The van der Waals surface area contributed by atoms with Gasteiger partial charge in [-0.15, -0.1) is 0 Å². The number of ether oxygens (including phenoxy) is 2. The lowest BCUT2D eigenvalue weighted by Crippen LogP contribution is -2.00. The van der Waals surface area contributed by atoms with Gasteiger partial charge in [0.1, 0.15) is 17.3 Å². The van der Waals surface area contributed by atoms with Crippen LogP contribution in [0, 0.1) is 12.7 Å². The Labute approximate surface area is 126 Å². The highest BCUT2D eigenvalue weighted by atomic mass is 79.9. The first-order valence-corrected chi connectivity index (χ1v) is 7.10. The van der Waals surface area contributed by atoms with Crippen LogP contribution < -0.4 is 9.47 Å². The van der Waals surface area contributed by atoms with Gasteiger partial charge in [-0.05, 0) is 48.4 Å². The Bertz CT molecular complexity index is 613. The molecule has 0 heterocycles. The topological polar surface area (TPSA) is 18.5 Å². The molecule has 0 saturated heterocycles. The van der Waals surface area contributed by atoms with Gasteiger partial charge in [0.2, 0.25) is 0 Å². The van der Waals surface area contributed by atoms with Crippen molar-refractivity contribution in [1.82, 2.24) is 0 Å². The fourth-order valence-electron chi connectivity index (χ4n) is 2.09. The highest BCUT2D eigenvalue weighted by Gasteiger charge is 2.18. The molecule has 1 unspecified atom stereocenters. The first-order chi connectivity index (χ1) is 9.56. The van der Waals surface area contributed by atoms with Gasteiger partial charge >= 0.3 is 0 Å². The number of aryl methyl sites for hydroxylation is 1. The monoisotopic (exact) mass is 338 g/mol. The second-order valence-electron chi connectivity index (χ2n) is 4.47. The van der Waals surface area contributed by atoms with Gasteiger partial charge in [0.05, 0.1) is 19.0 Å². The molecule has 106 valence electrons. The summed E-state index contributed by atoms with van der Waals surface area (Å²) in [7, 11) is 3.23. The maximum absolute atomic E-state index is 13.5. The van der Waals surface area contributed by atoms with Crippen LogP contribution in [-0.4, -0.2) is 14.2 Å². The van der Waals surface area contributed by atoms with Crippen molar-refractivity contribution in [3.63, 3.8) is 0 Å². The summed E-state index contributed by atoms with van der Waals surface area (Å²) in [5, 5.41) is 0. The smallest absolute Gasteiger partial charge is 0.123 e. The van der Waals surface area contributed by atoms with Crippen LogP contribution in [0.15, 0.2) is 36.4 Å². The molecule has 0 spiro atoms. The zero-order chi connectivity index (χ0) is 14.7. The van der Waals surface area contributed by atoms with Crippen LogP contribution >= 0.6 is 15.9 Å². The number of methoxy groups -OCH3 is 2. The van der Waals surface area contributed by atoms with Crippen molar-refractivity contribution in [3.05, 3.63) is 58.9 Å². The van der Waals surface area contributed by atoms with Gasteiger partial charge in [-0.2, -0.15) is 0 Å². The summed E-state index contributed by atoms with van der Waals surface area (Å²) in [6, 6.07) is 10.3. The van der Waals surface area contributed by atoms with Crippen molar-refractivity contribution in [2.24, 2.45) is 0 Å².